The van der Waals surface area contributed by atoms with E-state index in [1.54, 1.807) is 0 Å². The summed E-state index contributed by atoms with van der Waals surface area (Å²) in [6, 6.07) is 0. The first-order valence-electron chi connectivity index (χ1n) is 19.9. The topological polar surface area (TPSA) is 111 Å². The first kappa shape index (κ1) is 47.8. The standard InChI is InChI=1S/C39H76NO8P/c1-6-8-10-12-14-16-18-20-22-23-25-27-29-31-38(41)45-35-37(36-47-49(43,44)46-34-33-40(3,4)5)48-39(42)32-30-28-26-24-21-19-17-15-13-11-9-7-2/h7,37H,2,6,8-36H2,1,3-5H3/t37-/m1/s1. The van der Waals surface area contributed by atoms with Crippen LogP contribution in [-0.2, 0) is 32.7 Å². The van der Waals surface area contributed by atoms with E-state index in [-0.39, 0.29) is 32.0 Å². The van der Waals surface area contributed by atoms with Crippen molar-refractivity contribution in [1.29, 1.82) is 0 Å². The molecule has 290 valence electrons. The highest BCUT2D eigenvalue weighted by atomic mass is 31.2. The molecule has 0 aliphatic heterocycles. The zero-order chi connectivity index (χ0) is 36.5. The number of rotatable bonds is 37. The van der Waals surface area contributed by atoms with Crippen LogP contribution >= 0.6 is 7.82 Å². The maximum atomic E-state index is 12.6. The van der Waals surface area contributed by atoms with E-state index in [0.717, 1.165) is 44.9 Å². The van der Waals surface area contributed by atoms with Gasteiger partial charge in [0.2, 0.25) is 0 Å². The molecular formula is C39H76NO8P. The van der Waals surface area contributed by atoms with Crippen LogP contribution in [0.1, 0.15) is 174 Å². The molecule has 1 unspecified atom stereocenters. The van der Waals surface area contributed by atoms with Crippen molar-refractivity contribution in [2.75, 3.05) is 47.5 Å². The van der Waals surface area contributed by atoms with Gasteiger partial charge in [0.25, 0.3) is 7.82 Å². The average molecular weight is 718 g/mol. The van der Waals surface area contributed by atoms with E-state index in [9.17, 15) is 19.0 Å². The number of carbonyl (C=O) groups excluding carboxylic acids is 2. The highest BCUT2D eigenvalue weighted by molar-refractivity contribution is 7.45. The van der Waals surface area contributed by atoms with Crippen molar-refractivity contribution < 1.29 is 42.1 Å². The molecule has 0 radical (unpaired) electrons. The van der Waals surface area contributed by atoms with Gasteiger partial charge in [-0.3, -0.25) is 14.2 Å². The number of carbonyl (C=O) groups is 2. The lowest BCUT2D eigenvalue weighted by atomic mass is 10.0. The summed E-state index contributed by atoms with van der Waals surface area (Å²) in [6.45, 7) is 5.74. The molecule has 0 saturated heterocycles. The molecule has 0 rings (SSSR count). The maximum absolute atomic E-state index is 12.6. The number of allylic oxidation sites excluding steroid dienone is 1. The molecule has 0 heterocycles. The van der Waals surface area contributed by atoms with Crippen LogP contribution in [0.25, 0.3) is 0 Å². The van der Waals surface area contributed by atoms with Crippen molar-refractivity contribution in [2.45, 2.75) is 180 Å². The van der Waals surface area contributed by atoms with Crippen LogP contribution < -0.4 is 4.89 Å². The van der Waals surface area contributed by atoms with E-state index >= 15 is 0 Å². The molecule has 10 heteroatoms. The molecule has 49 heavy (non-hydrogen) atoms. The molecule has 0 aromatic carbocycles. The Bertz CT molecular complexity index is 847. The van der Waals surface area contributed by atoms with Gasteiger partial charge in [0.1, 0.15) is 19.8 Å². The molecule has 2 atom stereocenters. The minimum atomic E-state index is -4.61. The lowest BCUT2D eigenvalue weighted by Crippen LogP contribution is -2.37. The highest BCUT2D eigenvalue weighted by Crippen LogP contribution is 2.38. The molecule has 0 aliphatic rings. The second-order valence-corrected chi connectivity index (χ2v) is 16.2. The van der Waals surface area contributed by atoms with E-state index in [1.165, 1.54) is 103 Å². The number of nitrogens with zero attached hydrogens (tertiary/aromatic N) is 1. The van der Waals surface area contributed by atoms with E-state index in [1.807, 2.05) is 27.2 Å². The van der Waals surface area contributed by atoms with Gasteiger partial charge in [0.15, 0.2) is 6.10 Å². The minimum Gasteiger partial charge on any atom is -0.756 e. The van der Waals surface area contributed by atoms with Crippen LogP contribution in [0.4, 0.5) is 0 Å². The zero-order valence-electron chi connectivity index (χ0n) is 32.2. The summed E-state index contributed by atoms with van der Waals surface area (Å²) in [5.74, 6) is -0.835. The van der Waals surface area contributed by atoms with Gasteiger partial charge in [-0.05, 0) is 25.7 Å². The lowest BCUT2D eigenvalue weighted by molar-refractivity contribution is -0.870. The number of phosphoric acid groups is 1. The quantitative estimate of drug-likeness (QED) is 0.0205. The maximum Gasteiger partial charge on any atom is 0.306 e. The van der Waals surface area contributed by atoms with Gasteiger partial charge in [-0.2, -0.15) is 0 Å². The third-order valence-electron chi connectivity index (χ3n) is 8.68. The number of quaternary nitrogens is 1. The Morgan fingerprint density at radius 3 is 1.53 bits per heavy atom. The molecule has 0 saturated carbocycles. The SMILES string of the molecule is C=CCCCCCCCCCCCCC(=O)O[C@H](COC(=O)CCCCCCCCCCCCCCC)COP(=O)([O-])OCC[N+](C)(C)C. The van der Waals surface area contributed by atoms with E-state index in [4.69, 9.17) is 18.5 Å². The Balaban J connectivity index is 4.38. The van der Waals surface area contributed by atoms with Gasteiger partial charge in [-0.1, -0.05) is 141 Å². The largest absolute Gasteiger partial charge is 0.756 e. The van der Waals surface area contributed by atoms with Gasteiger partial charge in [-0.15, -0.1) is 6.58 Å². The predicted molar refractivity (Wildman–Crippen MR) is 199 cm³/mol. The summed E-state index contributed by atoms with van der Waals surface area (Å²) in [4.78, 5) is 37.3. The van der Waals surface area contributed by atoms with Gasteiger partial charge < -0.3 is 27.9 Å². The molecule has 0 fully saturated rings. The number of hydrogen-bond acceptors (Lipinski definition) is 8. The second-order valence-electron chi connectivity index (χ2n) is 14.7. The van der Waals surface area contributed by atoms with Crippen molar-refractivity contribution in [3.8, 4) is 0 Å². The minimum absolute atomic E-state index is 0.0292. The number of hydrogen-bond donors (Lipinski definition) is 0. The first-order valence-corrected chi connectivity index (χ1v) is 21.3. The van der Waals surface area contributed by atoms with Gasteiger partial charge in [0.05, 0.1) is 27.7 Å². The van der Waals surface area contributed by atoms with Crippen LogP contribution in [0.5, 0.6) is 0 Å². The van der Waals surface area contributed by atoms with Crippen LogP contribution in [0.15, 0.2) is 12.7 Å². The summed E-state index contributed by atoms with van der Waals surface area (Å²) in [7, 11) is 1.17. The van der Waals surface area contributed by atoms with Crippen LogP contribution in [0.3, 0.4) is 0 Å². The second kappa shape index (κ2) is 32.6. The zero-order valence-corrected chi connectivity index (χ0v) is 33.1. The lowest BCUT2D eigenvalue weighted by Gasteiger charge is -2.28. The monoisotopic (exact) mass is 718 g/mol. The molecule has 0 bridgehead atoms. The fraction of sp³-hybridized carbons (Fsp3) is 0.897. The average Bonchev–Trinajstić information content (AvgIpc) is 3.04. The van der Waals surface area contributed by atoms with E-state index in [0.29, 0.717) is 17.4 Å². The molecule has 0 aromatic heterocycles. The summed E-state index contributed by atoms with van der Waals surface area (Å²) in [5, 5.41) is 0. The molecule has 0 aromatic rings. The number of unbranched alkanes of at least 4 members (excludes halogenated alkanes) is 22. The fourth-order valence-corrected chi connectivity index (χ4v) is 6.25. The Hall–Kier alpha value is -1.25. The van der Waals surface area contributed by atoms with Crippen molar-refractivity contribution in [1.82, 2.24) is 0 Å². The van der Waals surface area contributed by atoms with Crippen molar-refractivity contribution in [3.05, 3.63) is 12.7 Å². The third kappa shape index (κ3) is 36.3. The Kier molecular flexibility index (Phi) is 31.8. The summed E-state index contributed by atoms with van der Waals surface area (Å²) in [6.07, 6.45) is 29.8. The smallest absolute Gasteiger partial charge is 0.306 e. The van der Waals surface area contributed by atoms with Crippen molar-refractivity contribution in [2.24, 2.45) is 0 Å². The van der Waals surface area contributed by atoms with Crippen LogP contribution in [-0.4, -0.2) is 70.0 Å². The number of ether oxygens (including phenoxy) is 2. The molecule has 0 amide bonds. The van der Waals surface area contributed by atoms with E-state index < -0.39 is 26.5 Å². The molecule has 0 N–H and O–H groups in total. The normalized spacial score (nSPS) is 13.6. The summed E-state index contributed by atoms with van der Waals surface area (Å²) in [5.41, 5.74) is 0. The Morgan fingerprint density at radius 1 is 0.653 bits per heavy atom. The van der Waals surface area contributed by atoms with Crippen molar-refractivity contribution in [3.63, 3.8) is 0 Å². The summed E-state index contributed by atoms with van der Waals surface area (Å²) >= 11 is 0. The number of likely N-dealkylation sites (N-methyl/N-ethyl adjacent to an activating group) is 1. The van der Waals surface area contributed by atoms with Gasteiger partial charge in [0, 0.05) is 12.8 Å². The highest BCUT2D eigenvalue weighted by Gasteiger charge is 2.21. The van der Waals surface area contributed by atoms with Gasteiger partial charge in [-0.25, -0.2) is 0 Å². The number of esters is 2. The van der Waals surface area contributed by atoms with Crippen molar-refractivity contribution >= 4 is 19.8 Å². The third-order valence-corrected chi connectivity index (χ3v) is 9.65. The molecule has 0 aliphatic carbocycles. The molecular weight excluding hydrogens is 641 g/mol. The molecule has 9 nitrogen and oxygen atoms in total. The first-order chi connectivity index (χ1) is 23.5. The summed E-state index contributed by atoms with van der Waals surface area (Å²) < 4.78 is 33.8. The molecule has 0 spiro atoms. The van der Waals surface area contributed by atoms with Gasteiger partial charge >= 0.3 is 11.9 Å². The Morgan fingerprint density at radius 2 is 1.08 bits per heavy atom. The fourth-order valence-electron chi connectivity index (χ4n) is 5.52. The Labute approximate surface area is 301 Å². The predicted octanol–water partition coefficient (Wildman–Crippen LogP) is 10.00. The van der Waals surface area contributed by atoms with Crippen LogP contribution in [0.2, 0.25) is 0 Å². The van der Waals surface area contributed by atoms with Crippen LogP contribution in [0, 0.1) is 0 Å². The number of phosphoric ester groups is 1. The van der Waals surface area contributed by atoms with E-state index in [2.05, 4.69) is 13.5 Å².